The third kappa shape index (κ3) is 2.52. The third-order valence-electron chi connectivity index (χ3n) is 2.30. The van der Waals surface area contributed by atoms with Crippen LogP contribution in [0.3, 0.4) is 0 Å². The molecule has 1 aromatic carbocycles. The first kappa shape index (κ1) is 11.0. The van der Waals surface area contributed by atoms with Crippen molar-refractivity contribution in [2.24, 2.45) is 0 Å². The summed E-state index contributed by atoms with van der Waals surface area (Å²) in [5.41, 5.74) is 2.94. The van der Waals surface area contributed by atoms with Gasteiger partial charge in [0.25, 0.3) is 0 Å². The lowest BCUT2D eigenvalue weighted by Crippen LogP contribution is -2.22. The Balaban J connectivity index is 2.01. The number of nitrogens with one attached hydrogen (secondary N) is 2. The monoisotopic (exact) mass is 237 g/mol. The fourth-order valence-corrected chi connectivity index (χ4v) is 1.64. The highest BCUT2D eigenvalue weighted by atomic mass is 35.5. The van der Waals surface area contributed by atoms with Gasteiger partial charge in [-0.1, -0.05) is 6.07 Å². The van der Waals surface area contributed by atoms with Crippen molar-refractivity contribution >= 4 is 28.5 Å². The van der Waals surface area contributed by atoms with Gasteiger partial charge < -0.3 is 10.3 Å². The predicted molar refractivity (Wildman–Crippen MR) is 63.3 cm³/mol. The van der Waals surface area contributed by atoms with Crippen LogP contribution in [0.25, 0.3) is 11.0 Å². The SMILES string of the molecule is O=C(CCCl)NCc1ccc2nc[nH]c2c1. The molecular weight excluding hydrogens is 226 g/mol. The Morgan fingerprint density at radius 2 is 2.38 bits per heavy atom. The third-order valence-corrected chi connectivity index (χ3v) is 2.48. The molecule has 4 nitrogen and oxygen atoms in total. The van der Waals surface area contributed by atoms with Gasteiger partial charge in [0.05, 0.1) is 17.4 Å². The van der Waals surface area contributed by atoms with Gasteiger partial charge in [-0.15, -0.1) is 11.6 Å². The molecule has 0 saturated carbocycles. The zero-order valence-electron chi connectivity index (χ0n) is 8.66. The molecule has 2 N–H and O–H groups in total. The van der Waals surface area contributed by atoms with Crippen LogP contribution in [0.5, 0.6) is 0 Å². The number of halogens is 1. The molecule has 0 aliphatic carbocycles. The van der Waals surface area contributed by atoms with Crippen LogP contribution >= 0.6 is 11.6 Å². The molecule has 84 valence electrons. The minimum atomic E-state index is -0.0280. The number of rotatable bonds is 4. The maximum Gasteiger partial charge on any atom is 0.221 e. The number of H-pyrrole nitrogens is 1. The van der Waals surface area contributed by atoms with Crippen molar-refractivity contribution in [1.82, 2.24) is 15.3 Å². The zero-order chi connectivity index (χ0) is 11.4. The first-order valence-electron chi connectivity index (χ1n) is 5.04. The summed E-state index contributed by atoms with van der Waals surface area (Å²) in [6.07, 6.45) is 2.01. The second kappa shape index (κ2) is 4.99. The van der Waals surface area contributed by atoms with E-state index in [1.807, 2.05) is 18.2 Å². The standard InChI is InChI=1S/C11H12ClN3O/c12-4-3-11(16)13-6-8-1-2-9-10(5-8)15-7-14-9/h1-2,5,7H,3-4,6H2,(H,13,16)(H,14,15). The molecule has 0 unspecified atom stereocenters. The Morgan fingerprint density at radius 1 is 1.50 bits per heavy atom. The second-order valence-corrected chi connectivity index (χ2v) is 3.85. The smallest absolute Gasteiger partial charge is 0.221 e. The van der Waals surface area contributed by atoms with Crippen LogP contribution in [0.15, 0.2) is 24.5 Å². The van der Waals surface area contributed by atoms with Gasteiger partial charge in [-0.25, -0.2) is 4.98 Å². The fourth-order valence-electron chi connectivity index (χ4n) is 1.47. The highest BCUT2D eigenvalue weighted by molar-refractivity contribution is 6.18. The van der Waals surface area contributed by atoms with E-state index in [1.54, 1.807) is 6.33 Å². The number of alkyl halides is 1. The van der Waals surface area contributed by atoms with E-state index in [2.05, 4.69) is 15.3 Å². The van der Waals surface area contributed by atoms with Crippen molar-refractivity contribution in [3.05, 3.63) is 30.1 Å². The summed E-state index contributed by atoms with van der Waals surface area (Å²) in [6.45, 7) is 0.519. The second-order valence-electron chi connectivity index (χ2n) is 3.47. The Bertz CT molecular complexity index is 495. The van der Waals surface area contributed by atoms with Crippen LogP contribution in [0.2, 0.25) is 0 Å². The van der Waals surface area contributed by atoms with Crippen molar-refractivity contribution in [3.8, 4) is 0 Å². The molecule has 0 radical (unpaired) electrons. The van der Waals surface area contributed by atoms with E-state index in [1.165, 1.54) is 0 Å². The number of aromatic nitrogens is 2. The molecule has 0 fully saturated rings. The fraction of sp³-hybridized carbons (Fsp3) is 0.273. The summed E-state index contributed by atoms with van der Waals surface area (Å²) in [7, 11) is 0. The number of amides is 1. The summed E-state index contributed by atoms with van der Waals surface area (Å²) in [5.74, 6) is 0.325. The molecule has 1 amide bonds. The average molecular weight is 238 g/mol. The molecule has 16 heavy (non-hydrogen) atoms. The van der Waals surface area contributed by atoms with Gasteiger partial charge in [0.2, 0.25) is 5.91 Å². The van der Waals surface area contributed by atoms with Gasteiger partial charge in [-0.2, -0.15) is 0 Å². The van der Waals surface area contributed by atoms with E-state index >= 15 is 0 Å². The number of hydrogen-bond acceptors (Lipinski definition) is 2. The molecule has 0 aliphatic rings. The maximum absolute atomic E-state index is 11.2. The van der Waals surface area contributed by atoms with Crippen molar-refractivity contribution < 1.29 is 4.79 Å². The molecule has 0 bridgehead atoms. The lowest BCUT2D eigenvalue weighted by Gasteiger charge is -2.03. The van der Waals surface area contributed by atoms with Gasteiger partial charge in [-0.05, 0) is 17.7 Å². The molecule has 0 saturated heterocycles. The number of carbonyl (C=O) groups is 1. The van der Waals surface area contributed by atoms with Gasteiger partial charge in [0, 0.05) is 18.8 Å². The van der Waals surface area contributed by atoms with Gasteiger partial charge in [0.15, 0.2) is 0 Å². The minimum absolute atomic E-state index is 0.0280. The summed E-state index contributed by atoms with van der Waals surface area (Å²) >= 11 is 5.47. The summed E-state index contributed by atoms with van der Waals surface area (Å²) in [6, 6.07) is 5.85. The zero-order valence-corrected chi connectivity index (χ0v) is 9.42. The molecule has 2 rings (SSSR count). The number of imidazole rings is 1. The molecular formula is C11H12ClN3O. The normalized spacial score (nSPS) is 10.6. The van der Waals surface area contributed by atoms with E-state index in [9.17, 15) is 4.79 Å². The molecule has 2 aromatic rings. The molecule has 1 aromatic heterocycles. The first-order chi connectivity index (χ1) is 7.79. The Labute approximate surface area is 98.0 Å². The summed E-state index contributed by atoms with van der Waals surface area (Å²) in [5, 5.41) is 2.80. The Morgan fingerprint density at radius 3 is 3.19 bits per heavy atom. The van der Waals surface area contributed by atoms with Crippen LogP contribution in [0.4, 0.5) is 0 Å². The van der Waals surface area contributed by atoms with Crippen molar-refractivity contribution in [1.29, 1.82) is 0 Å². The minimum Gasteiger partial charge on any atom is -0.352 e. The van der Waals surface area contributed by atoms with Crippen molar-refractivity contribution in [2.75, 3.05) is 5.88 Å². The number of nitrogens with zero attached hydrogens (tertiary/aromatic N) is 1. The lowest BCUT2D eigenvalue weighted by atomic mass is 10.2. The molecule has 0 atom stereocenters. The van der Waals surface area contributed by atoms with Crippen LogP contribution in [-0.4, -0.2) is 21.8 Å². The number of hydrogen-bond donors (Lipinski definition) is 2. The largest absolute Gasteiger partial charge is 0.352 e. The van der Waals surface area contributed by atoms with E-state index in [-0.39, 0.29) is 5.91 Å². The van der Waals surface area contributed by atoms with E-state index < -0.39 is 0 Å². The average Bonchev–Trinajstić information content (AvgIpc) is 2.74. The van der Waals surface area contributed by atoms with E-state index in [0.717, 1.165) is 16.6 Å². The van der Waals surface area contributed by atoms with Gasteiger partial charge in [0.1, 0.15) is 0 Å². The molecule has 0 aliphatic heterocycles. The Kier molecular flexibility index (Phi) is 3.41. The Hall–Kier alpha value is -1.55. The summed E-state index contributed by atoms with van der Waals surface area (Å²) in [4.78, 5) is 18.4. The molecule has 1 heterocycles. The van der Waals surface area contributed by atoms with Crippen LogP contribution in [0, 0.1) is 0 Å². The number of aromatic amines is 1. The highest BCUT2D eigenvalue weighted by Crippen LogP contribution is 2.11. The molecule has 0 spiro atoms. The van der Waals surface area contributed by atoms with Crippen LogP contribution in [0.1, 0.15) is 12.0 Å². The maximum atomic E-state index is 11.2. The van der Waals surface area contributed by atoms with E-state index in [0.29, 0.717) is 18.8 Å². The lowest BCUT2D eigenvalue weighted by molar-refractivity contribution is -0.120. The van der Waals surface area contributed by atoms with Crippen molar-refractivity contribution in [3.63, 3.8) is 0 Å². The number of benzene rings is 1. The quantitative estimate of drug-likeness (QED) is 0.797. The number of fused-ring (bicyclic) bond motifs is 1. The molecule has 5 heteroatoms. The van der Waals surface area contributed by atoms with Crippen LogP contribution < -0.4 is 5.32 Å². The predicted octanol–water partition coefficient (Wildman–Crippen LogP) is 1.81. The number of carbonyl (C=O) groups excluding carboxylic acids is 1. The van der Waals surface area contributed by atoms with Gasteiger partial charge in [-0.3, -0.25) is 4.79 Å². The van der Waals surface area contributed by atoms with Crippen LogP contribution in [-0.2, 0) is 11.3 Å². The first-order valence-corrected chi connectivity index (χ1v) is 5.58. The van der Waals surface area contributed by atoms with Crippen molar-refractivity contribution in [2.45, 2.75) is 13.0 Å². The highest BCUT2D eigenvalue weighted by Gasteiger charge is 2.01. The summed E-state index contributed by atoms with van der Waals surface area (Å²) < 4.78 is 0. The van der Waals surface area contributed by atoms with Gasteiger partial charge >= 0.3 is 0 Å². The van der Waals surface area contributed by atoms with E-state index in [4.69, 9.17) is 11.6 Å². The topological polar surface area (TPSA) is 57.8 Å².